The number of sulfonamides is 1. The van der Waals surface area contributed by atoms with E-state index in [2.05, 4.69) is 31.8 Å². The van der Waals surface area contributed by atoms with E-state index in [0.717, 1.165) is 62.6 Å². The number of alkyl carbamates (subject to hydrolysis) is 1. The van der Waals surface area contributed by atoms with Crippen LogP contribution in [0, 0.1) is 23.2 Å². The van der Waals surface area contributed by atoms with E-state index < -0.39 is 80.8 Å². The van der Waals surface area contributed by atoms with Crippen molar-refractivity contribution in [3.8, 4) is 5.75 Å². The van der Waals surface area contributed by atoms with Crippen LogP contribution in [0.25, 0.3) is 10.9 Å². The number of unbranched alkanes of at least 4 members (excludes halogenated alkanes) is 2. The maximum atomic E-state index is 14.2. The summed E-state index contributed by atoms with van der Waals surface area (Å²) in [5.74, 6) is -0.480. The number of pyridine rings is 1. The Morgan fingerprint density at radius 1 is 1.09 bits per heavy atom. The predicted octanol–water partition coefficient (Wildman–Crippen LogP) is 0.592. The summed E-state index contributed by atoms with van der Waals surface area (Å²) >= 11 is -0.980. The summed E-state index contributed by atoms with van der Waals surface area (Å²) < 4.78 is 49.4. The molecule has 5 unspecified atom stereocenters. The number of fused-ring (bicyclic) bond motifs is 3. The van der Waals surface area contributed by atoms with Crippen molar-refractivity contribution in [3.05, 3.63) is 52.8 Å². The predicted molar refractivity (Wildman–Crippen MR) is 246 cm³/mol. The van der Waals surface area contributed by atoms with Gasteiger partial charge in [0.1, 0.15) is 11.9 Å². The Hall–Kier alpha value is -3.79. The third-order valence-corrected chi connectivity index (χ3v) is 20.6. The van der Waals surface area contributed by atoms with E-state index in [1.54, 1.807) is 20.1 Å². The number of rotatable bonds is 20. The van der Waals surface area contributed by atoms with Crippen LogP contribution in [0.1, 0.15) is 91.0 Å². The van der Waals surface area contributed by atoms with Gasteiger partial charge < -0.3 is 24.1 Å². The van der Waals surface area contributed by atoms with Crippen LogP contribution in [-0.2, 0) is 45.0 Å². The summed E-state index contributed by atoms with van der Waals surface area (Å²) in [6.07, 6.45) is 7.06. The van der Waals surface area contributed by atoms with Gasteiger partial charge in [0, 0.05) is 44.0 Å². The molecule has 4 N–H and O–H groups in total. The van der Waals surface area contributed by atoms with E-state index in [1.165, 1.54) is 4.90 Å². The summed E-state index contributed by atoms with van der Waals surface area (Å²) in [7, 11) is -2.21. The molecule has 2 bridgehead atoms. The van der Waals surface area contributed by atoms with Crippen LogP contribution in [0.5, 0.6) is 5.75 Å². The average molecular weight is 1060 g/mol. The summed E-state index contributed by atoms with van der Waals surface area (Å²) in [4.78, 5) is 75.5. The van der Waals surface area contributed by atoms with Gasteiger partial charge in [-0.3, -0.25) is 4.79 Å². The average Bonchev–Trinajstić information content (AvgIpc) is 4.24. The fraction of sp³-hybridized carbons (Fsp3) is 0.688. The third-order valence-electron chi connectivity index (χ3n) is 14.5. The number of aromatic amines is 1. The quantitative estimate of drug-likeness (QED) is 0.0472. The molecule has 4 aliphatic heterocycles. The first kappa shape index (κ1) is 49.6. The SMILES string of the molecule is C=CC1[I-]C1(NC(=O)[C@@H]1CCCN1C(=O)[C@@H](NC(=O)OC1C[C@H]1CCCCCc1c(OC2C3COCC2CN(CCOC)C3)c2ccccc2[nH]c1=O)C(C)(C)C)C(=O)NS(=O)(=O)C1(C)CC1. The molecule has 19 heteroatoms. The summed E-state index contributed by atoms with van der Waals surface area (Å²) in [5, 5.41) is 6.56. The molecular formula is C48H68IN6O11S-. The fourth-order valence-corrected chi connectivity index (χ4v) is 14.2. The number of carbonyl (C=O) groups excluding carboxylic acids is 4. The van der Waals surface area contributed by atoms with Crippen LogP contribution in [0.15, 0.2) is 41.7 Å². The van der Waals surface area contributed by atoms with Crippen LogP contribution in [0.3, 0.4) is 0 Å². The van der Waals surface area contributed by atoms with Crippen molar-refractivity contribution in [2.45, 2.75) is 128 Å². The molecule has 6 fully saturated rings. The molecule has 0 radical (unpaired) electrons. The number of alkyl halides is 2. The number of H-pyrrole nitrogens is 1. The molecule has 1 aromatic heterocycles. The molecular weight excluding hydrogens is 996 g/mol. The number of amides is 4. The number of nitrogens with zero attached hydrogens (tertiary/aromatic N) is 2. The summed E-state index contributed by atoms with van der Waals surface area (Å²) in [6, 6.07) is 5.90. The maximum absolute atomic E-state index is 14.2. The first-order valence-electron chi connectivity index (χ1n) is 23.9. The van der Waals surface area contributed by atoms with Crippen LogP contribution in [0.2, 0.25) is 0 Å². The Morgan fingerprint density at radius 2 is 1.82 bits per heavy atom. The number of methoxy groups -OCH3 is 1. The first-order valence-corrected chi connectivity index (χ1v) is 27.7. The first-order chi connectivity index (χ1) is 31.9. The van der Waals surface area contributed by atoms with Crippen molar-refractivity contribution < 1.29 is 67.7 Å². The van der Waals surface area contributed by atoms with Gasteiger partial charge in [-0.25, -0.2) is 0 Å². The van der Waals surface area contributed by atoms with Gasteiger partial charge >= 0.3 is 228 Å². The number of hydrogen-bond acceptors (Lipinski definition) is 12. The van der Waals surface area contributed by atoms with Crippen LogP contribution < -0.4 is 46.9 Å². The van der Waals surface area contributed by atoms with Crippen LogP contribution in [0.4, 0.5) is 4.79 Å². The second kappa shape index (κ2) is 19.9. The van der Waals surface area contributed by atoms with Gasteiger partial charge in [-0.15, -0.1) is 0 Å². The van der Waals surface area contributed by atoms with Gasteiger partial charge in [-0.1, -0.05) is 25.0 Å². The molecule has 17 nitrogen and oxygen atoms in total. The Labute approximate surface area is 403 Å². The van der Waals surface area contributed by atoms with Gasteiger partial charge in [0.25, 0.3) is 5.56 Å². The molecule has 67 heavy (non-hydrogen) atoms. The van der Waals surface area contributed by atoms with E-state index >= 15 is 0 Å². The molecule has 4 saturated heterocycles. The second-order valence-electron chi connectivity index (χ2n) is 20.7. The Kier molecular flexibility index (Phi) is 14.7. The minimum absolute atomic E-state index is 0.0556. The number of likely N-dealkylation sites (tertiary alicyclic amines) is 2. The number of halogens is 1. The number of hydrogen-bond donors (Lipinski definition) is 4. The monoisotopic (exact) mass is 1060 g/mol. The van der Waals surface area contributed by atoms with Gasteiger partial charge in [0.05, 0.1) is 30.9 Å². The Morgan fingerprint density at radius 3 is 2.49 bits per heavy atom. The number of carbonyl (C=O) groups is 4. The number of ether oxygens (including phenoxy) is 4. The molecule has 1 aromatic carbocycles. The molecule has 2 aromatic rings. The van der Waals surface area contributed by atoms with Gasteiger partial charge in [0.15, 0.2) is 0 Å². The van der Waals surface area contributed by atoms with Gasteiger partial charge in [0.2, 0.25) is 0 Å². The summed E-state index contributed by atoms with van der Waals surface area (Å²) in [6.45, 7) is 15.6. The molecule has 8 atom stereocenters. The second-order valence-corrected chi connectivity index (χ2v) is 26.6. The van der Waals surface area contributed by atoms with Crippen molar-refractivity contribution in [3.63, 3.8) is 0 Å². The number of para-hydroxylation sites is 1. The van der Waals surface area contributed by atoms with Crippen LogP contribution in [-0.4, -0.2) is 137 Å². The van der Waals surface area contributed by atoms with Crippen molar-refractivity contribution in [2.24, 2.45) is 23.2 Å². The topological polar surface area (TPSA) is 215 Å². The molecule has 6 aliphatic rings. The van der Waals surface area contributed by atoms with Crippen molar-refractivity contribution >= 4 is 44.7 Å². The molecule has 0 spiro atoms. The normalized spacial score (nSPS) is 29.2. The minimum atomic E-state index is -3.93. The van der Waals surface area contributed by atoms with Gasteiger partial charge in [-0.05, 0) is 31.4 Å². The Balaban J connectivity index is 0.818. The molecule has 2 aliphatic carbocycles. The molecule has 370 valence electrons. The van der Waals surface area contributed by atoms with Crippen molar-refractivity contribution in [1.29, 1.82) is 0 Å². The van der Waals surface area contributed by atoms with Crippen LogP contribution >= 0.6 is 0 Å². The Bertz CT molecular complexity index is 2370. The number of benzene rings is 1. The molecule has 8 rings (SSSR count). The van der Waals surface area contributed by atoms with E-state index in [1.807, 2.05) is 45.0 Å². The zero-order chi connectivity index (χ0) is 47.9. The zero-order valence-electron chi connectivity index (χ0n) is 39.4. The summed E-state index contributed by atoms with van der Waals surface area (Å²) in [5.41, 5.74) is 0.556. The van der Waals surface area contributed by atoms with Crippen molar-refractivity contribution in [2.75, 3.05) is 53.1 Å². The van der Waals surface area contributed by atoms with E-state index in [0.29, 0.717) is 63.2 Å². The number of piperidine rings is 1. The third kappa shape index (κ3) is 10.8. The van der Waals surface area contributed by atoms with Gasteiger partial charge in [-0.2, -0.15) is 0 Å². The fourth-order valence-electron chi connectivity index (χ4n) is 10.0. The zero-order valence-corrected chi connectivity index (χ0v) is 42.4. The number of nitrogens with one attached hydrogen (secondary N) is 4. The molecule has 2 saturated carbocycles. The number of aromatic nitrogens is 1. The van der Waals surface area contributed by atoms with E-state index in [9.17, 15) is 32.4 Å². The van der Waals surface area contributed by atoms with E-state index in [4.69, 9.17) is 18.9 Å². The van der Waals surface area contributed by atoms with Crippen molar-refractivity contribution in [1.82, 2.24) is 30.1 Å². The standard InChI is InChI=1S/C48H68IN6O11S/c1-7-37-48(49-37,44(59)53-67(61,62)47(5)19-20-47)52-42(57)35-18-13-21-55(35)43(58)40(46(2,3)4)51-45(60)65-36-24-29(36)14-9-8-10-16-33-39(32-15-11-12-17-34(32)50-41(33)56)66-38-30-25-54(22-23-63-6)26-31(38)28-64-27-30/h7,11-12,15,17,29-31,35-38,40H,1,8-10,13-14,16,18-28H2,2-6H3,(H,50,56)(H,51,60)(H,52,57)(H,53,59)/q-1/t29-,30?,31?,35+,36?,37?,38?,40-,48?/m1/s1. The molecule has 4 amide bonds. The molecule has 5 heterocycles. The van der Waals surface area contributed by atoms with E-state index in [-0.39, 0.29) is 46.0 Å².